The highest BCUT2D eigenvalue weighted by atomic mass is 32.2. The van der Waals surface area contributed by atoms with Gasteiger partial charge < -0.3 is 15.6 Å². The molecule has 2 aliphatic heterocycles. The molecule has 0 spiro atoms. The maximum absolute atomic E-state index is 13.2. The van der Waals surface area contributed by atoms with E-state index in [2.05, 4.69) is 12.1 Å². The van der Waals surface area contributed by atoms with E-state index in [0.29, 0.717) is 19.0 Å². The maximum atomic E-state index is 13.2. The molecule has 1 amide bonds. The Morgan fingerprint density at radius 1 is 1.27 bits per heavy atom. The Kier molecular flexibility index (Phi) is 5.67. The number of nitrogens with two attached hydrogens (primary N) is 1. The van der Waals surface area contributed by atoms with E-state index >= 15 is 0 Å². The molecule has 8 heteroatoms. The fourth-order valence-corrected chi connectivity index (χ4v) is 6.13. The van der Waals surface area contributed by atoms with Gasteiger partial charge >= 0.3 is 0 Å². The minimum absolute atomic E-state index is 0.0870. The van der Waals surface area contributed by atoms with Crippen LogP contribution in [0.3, 0.4) is 0 Å². The Labute approximate surface area is 154 Å². The van der Waals surface area contributed by atoms with Crippen LogP contribution in [0.25, 0.3) is 0 Å². The summed E-state index contributed by atoms with van der Waals surface area (Å²) in [6, 6.07) is 10.1. The largest absolute Gasteiger partial charge is 0.388 e. The van der Waals surface area contributed by atoms with Crippen LogP contribution in [0.2, 0.25) is 0 Å². The number of hydrogen-bond acceptors (Lipinski definition) is 5. The molecule has 0 bridgehead atoms. The molecular formula is C18H26N2O5S. The third kappa shape index (κ3) is 3.38. The number of rotatable bonds is 5. The van der Waals surface area contributed by atoms with Gasteiger partial charge in [-0.25, -0.2) is 12.7 Å². The molecular weight excluding hydrogens is 356 g/mol. The van der Waals surface area contributed by atoms with Crippen LogP contribution in [0.15, 0.2) is 30.3 Å². The van der Waals surface area contributed by atoms with Crippen molar-refractivity contribution in [1.29, 1.82) is 0 Å². The first kappa shape index (κ1) is 19.3. The molecule has 144 valence electrons. The van der Waals surface area contributed by atoms with Crippen molar-refractivity contribution in [3.63, 3.8) is 0 Å². The third-order valence-corrected chi connectivity index (χ3v) is 8.23. The molecule has 3 N–H and O–H groups in total. The Hall–Kier alpha value is -1.48. The quantitative estimate of drug-likeness (QED) is 0.760. The first-order valence-corrected chi connectivity index (χ1v) is 10.4. The van der Waals surface area contributed by atoms with Crippen molar-refractivity contribution >= 4 is 15.9 Å². The average Bonchev–Trinajstić information content (AvgIpc) is 2.63. The predicted molar refractivity (Wildman–Crippen MR) is 96.7 cm³/mol. The van der Waals surface area contributed by atoms with Gasteiger partial charge in [-0.3, -0.25) is 4.79 Å². The summed E-state index contributed by atoms with van der Waals surface area (Å²) in [5, 5.41) is 10.3. The number of amides is 1. The molecule has 1 aromatic carbocycles. The molecule has 0 saturated carbocycles. The summed E-state index contributed by atoms with van der Waals surface area (Å²) < 4.78 is 30.8. The normalized spacial score (nSPS) is 28.7. The highest BCUT2D eigenvalue weighted by Gasteiger charge is 2.58. The number of benzene rings is 1. The summed E-state index contributed by atoms with van der Waals surface area (Å²) in [7, 11) is -4.06. The highest BCUT2D eigenvalue weighted by molar-refractivity contribution is 7.91. The molecule has 3 rings (SSSR count). The molecule has 1 aromatic rings. The molecule has 2 fully saturated rings. The van der Waals surface area contributed by atoms with Gasteiger partial charge in [0.25, 0.3) is 0 Å². The summed E-state index contributed by atoms with van der Waals surface area (Å²) in [6.07, 6.45) is 0.786. The van der Waals surface area contributed by atoms with E-state index in [1.807, 2.05) is 18.2 Å². The Bertz CT molecular complexity index is 731. The first-order valence-electron chi connectivity index (χ1n) is 8.97. The van der Waals surface area contributed by atoms with Gasteiger partial charge in [-0.1, -0.05) is 30.3 Å². The van der Waals surface area contributed by atoms with Crippen LogP contribution in [-0.2, 0) is 26.0 Å². The fourth-order valence-electron chi connectivity index (χ4n) is 3.97. The van der Waals surface area contributed by atoms with Crippen molar-refractivity contribution in [2.45, 2.75) is 36.5 Å². The van der Waals surface area contributed by atoms with Gasteiger partial charge in [0.05, 0.1) is 6.61 Å². The lowest BCUT2D eigenvalue weighted by molar-refractivity contribution is -0.129. The van der Waals surface area contributed by atoms with Crippen LogP contribution >= 0.6 is 0 Å². The lowest BCUT2D eigenvalue weighted by Crippen LogP contribution is -2.66. The van der Waals surface area contributed by atoms with Crippen LogP contribution in [-0.4, -0.2) is 60.9 Å². The zero-order valence-electron chi connectivity index (χ0n) is 14.7. The molecule has 2 unspecified atom stereocenters. The fraction of sp³-hybridized carbons (Fsp3) is 0.611. The molecule has 2 heterocycles. The Morgan fingerprint density at radius 3 is 2.50 bits per heavy atom. The minimum Gasteiger partial charge on any atom is -0.388 e. The molecule has 7 nitrogen and oxygen atoms in total. The van der Waals surface area contributed by atoms with Gasteiger partial charge in [0.2, 0.25) is 15.9 Å². The van der Waals surface area contributed by atoms with Crippen LogP contribution in [0.4, 0.5) is 0 Å². The van der Waals surface area contributed by atoms with E-state index in [0.717, 1.165) is 19.3 Å². The van der Waals surface area contributed by atoms with Crippen molar-refractivity contribution < 1.29 is 23.1 Å². The van der Waals surface area contributed by atoms with E-state index in [-0.39, 0.29) is 19.6 Å². The van der Waals surface area contributed by atoms with Crippen LogP contribution in [0.1, 0.15) is 24.8 Å². The number of nitrogens with zero attached hydrogens (tertiary/aromatic N) is 1. The molecule has 0 radical (unpaired) electrons. The second-order valence-corrected chi connectivity index (χ2v) is 9.33. The standard InChI is InChI=1S/C18H26N2O5S/c19-17(22)18(8-11-25-13-16(18)21)26(23,24)20-9-6-15(7-10-20)12-14-4-2-1-3-5-14/h1-5,15-16,21H,6-13H2,(H2,19,22). The van der Waals surface area contributed by atoms with E-state index in [9.17, 15) is 18.3 Å². The second kappa shape index (κ2) is 7.64. The molecule has 2 atom stereocenters. The molecule has 26 heavy (non-hydrogen) atoms. The number of primary amides is 1. The van der Waals surface area contributed by atoms with Crippen molar-refractivity contribution in [3.05, 3.63) is 35.9 Å². The number of sulfonamides is 1. The zero-order valence-corrected chi connectivity index (χ0v) is 15.5. The first-order chi connectivity index (χ1) is 12.4. The van der Waals surface area contributed by atoms with E-state index < -0.39 is 26.8 Å². The van der Waals surface area contributed by atoms with Gasteiger partial charge in [-0.2, -0.15) is 0 Å². The van der Waals surface area contributed by atoms with Gasteiger partial charge in [-0.15, -0.1) is 0 Å². The average molecular weight is 382 g/mol. The SMILES string of the molecule is NC(=O)C1(S(=O)(=O)N2CCC(Cc3ccccc3)CC2)CCOCC1O. The van der Waals surface area contributed by atoms with Gasteiger partial charge in [0.15, 0.2) is 4.75 Å². The van der Waals surface area contributed by atoms with Crippen molar-refractivity contribution in [2.75, 3.05) is 26.3 Å². The number of aliphatic hydroxyl groups is 1. The van der Waals surface area contributed by atoms with Gasteiger partial charge in [0.1, 0.15) is 6.10 Å². The summed E-state index contributed by atoms with van der Waals surface area (Å²) in [6.45, 7) is 0.557. The van der Waals surface area contributed by atoms with E-state index in [4.69, 9.17) is 10.5 Å². The van der Waals surface area contributed by atoms with Gasteiger partial charge in [0, 0.05) is 26.1 Å². The minimum atomic E-state index is -4.06. The van der Waals surface area contributed by atoms with Crippen LogP contribution in [0.5, 0.6) is 0 Å². The van der Waals surface area contributed by atoms with E-state index in [1.54, 1.807) is 0 Å². The number of piperidine rings is 1. The second-order valence-electron chi connectivity index (χ2n) is 7.13. The summed E-state index contributed by atoms with van der Waals surface area (Å²) in [5.74, 6) is -0.604. The zero-order chi connectivity index (χ0) is 18.8. The smallest absolute Gasteiger partial charge is 0.243 e. The van der Waals surface area contributed by atoms with Crippen LogP contribution < -0.4 is 5.73 Å². The summed E-state index contributed by atoms with van der Waals surface area (Å²) in [5.41, 5.74) is 6.69. The number of hydrogen-bond donors (Lipinski definition) is 2. The molecule has 2 saturated heterocycles. The monoisotopic (exact) mass is 382 g/mol. The number of carbonyl (C=O) groups is 1. The topological polar surface area (TPSA) is 110 Å². The molecule has 0 aromatic heterocycles. The number of aliphatic hydroxyl groups excluding tert-OH is 1. The predicted octanol–water partition coefficient (Wildman–Crippen LogP) is 0.276. The Balaban J connectivity index is 1.72. The van der Waals surface area contributed by atoms with Crippen molar-refractivity contribution in [1.82, 2.24) is 4.31 Å². The lowest BCUT2D eigenvalue weighted by Gasteiger charge is -2.42. The lowest BCUT2D eigenvalue weighted by atomic mass is 9.91. The highest BCUT2D eigenvalue weighted by Crippen LogP contribution is 2.35. The van der Waals surface area contributed by atoms with Crippen LogP contribution in [0, 0.1) is 5.92 Å². The molecule has 2 aliphatic rings. The van der Waals surface area contributed by atoms with Crippen molar-refractivity contribution in [2.24, 2.45) is 11.7 Å². The maximum Gasteiger partial charge on any atom is 0.243 e. The summed E-state index contributed by atoms with van der Waals surface area (Å²) in [4.78, 5) is 12.1. The number of carbonyl (C=O) groups excluding carboxylic acids is 1. The van der Waals surface area contributed by atoms with Crippen molar-refractivity contribution in [3.8, 4) is 0 Å². The molecule has 0 aliphatic carbocycles. The van der Waals surface area contributed by atoms with Gasteiger partial charge in [-0.05, 0) is 30.7 Å². The number of ether oxygens (including phenoxy) is 1. The Morgan fingerprint density at radius 2 is 1.92 bits per heavy atom. The third-order valence-electron chi connectivity index (χ3n) is 5.59. The summed E-state index contributed by atoms with van der Waals surface area (Å²) >= 11 is 0. The van der Waals surface area contributed by atoms with E-state index in [1.165, 1.54) is 9.87 Å².